The van der Waals surface area contributed by atoms with Crippen LogP contribution in [0.5, 0.6) is 5.75 Å². The molecule has 1 amide bonds. The molecule has 1 fully saturated rings. The van der Waals surface area contributed by atoms with E-state index in [1.165, 1.54) is 0 Å². The molecule has 0 saturated carbocycles. The summed E-state index contributed by atoms with van der Waals surface area (Å²) >= 11 is 0. The standard InChI is InChI=1S/C15H22N2O2/c1-11-5-6-12(2)14(8-11)19-10-15(18)17-13-4-3-7-16-9-13/h5-6,8,13,16H,3-4,7,9-10H2,1-2H3,(H,17,18)/t13-/m0/s1. The van der Waals surface area contributed by atoms with Crippen LogP contribution in [0.2, 0.25) is 0 Å². The first kappa shape index (κ1) is 13.9. The van der Waals surface area contributed by atoms with E-state index in [-0.39, 0.29) is 18.6 Å². The molecule has 2 rings (SSSR count). The smallest absolute Gasteiger partial charge is 0.258 e. The van der Waals surface area contributed by atoms with Crippen molar-refractivity contribution in [2.24, 2.45) is 0 Å². The highest BCUT2D eigenvalue weighted by molar-refractivity contribution is 5.77. The SMILES string of the molecule is Cc1ccc(C)c(OCC(=O)N[C@H]2CCCNC2)c1. The number of amides is 1. The maximum Gasteiger partial charge on any atom is 0.258 e. The third-order valence-electron chi connectivity index (χ3n) is 3.36. The van der Waals surface area contributed by atoms with Crippen LogP contribution in [0.4, 0.5) is 0 Å². The molecule has 104 valence electrons. The van der Waals surface area contributed by atoms with Gasteiger partial charge in [0.15, 0.2) is 6.61 Å². The van der Waals surface area contributed by atoms with E-state index in [0.29, 0.717) is 0 Å². The Kier molecular flexibility index (Phi) is 4.80. The average molecular weight is 262 g/mol. The molecule has 0 spiro atoms. The molecule has 1 heterocycles. The lowest BCUT2D eigenvalue weighted by Crippen LogP contribution is -2.47. The Morgan fingerprint density at radius 2 is 2.32 bits per heavy atom. The summed E-state index contributed by atoms with van der Waals surface area (Å²) in [4.78, 5) is 11.8. The first-order chi connectivity index (χ1) is 9.15. The van der Waals surface area contributed by atoms with Crippen molar-refractivity contribution in [3.05, 3.63) is 29.3 Å². The summed E-state index contributed by atoms with van der Waals surface area (Å²) in [5.74, 6) is 0.742. The fraction of sp³-hybridized carbons (Fsp3) is 0.533. The van der Waals surface area contributed by atoms with Gasteiger partial charge in [-0.25, -0.2) is 0 Å². The largest absolute Gasteiger partial charge is 0.483 e. The van der Waals surface area contributed by atoms with Gasteiger partial charge < -0.3 is 15.4 Å². The van der Waals surface area contributed by atoms with E-state index in [0.717, 1.165) is 42.8 Å². The molecule has 0 aliphatic carbocycles. The number of piperidine rings is 1. The van der Waals surface area contributed by atoms with Crippen LogP contribution in [0.15, 0.2) is 18.2 Å². The number of aryl methyl sites for hydroxylation is 2. The van der Waals surface area contributed by atoms with Crippen molar-refractivity contribution in [2.45, 2.75) is 32.7 Å². The van der Waals surface area contributed by atoms with Gasteiger partial charge in [0.1, 0.15) is 5.75 Å². The van der Waals surface area contributed by atoms with Gasteiger partial charge in [0.25, 0.3) is 5.91 Å². The molecule has 4 heteroatoms. The molecule has 0 bridgehead atoms. The van der Waals surface area contributed by atoms with E-state index in [4.69, 9.17) is 4.74 Å². The Bertz CT molecular complexity index is 440. The van der Waals surface area contributed by atoms with Gasteiger partial charge in [-0.3, -0.25) is 4.79 Å². The van der Waals surface area contributed by atoms with Gasteiger partial charge in [-0.15, -0.1) is 0 Å². The molecule has 1 saturated heterocycles. The maximum absolute atomic E-state index is 11.8. The van der Waals surface area contributed by atoms with E-state index in [2.05, 4.69) is 10.6 Å². The molecule has 1 aliphatic rings. The van der Waals surface area contributed by atoms with E-state index >= 15 is 0 Å². The van der Waals surface area contributed by atoms with Gasteiger partial charge in [0.2, 0.25) is 0 Å². The van der Waals surface area contributed by atoms with Crippen molar-refractivity contribution in [1.82, 2.24) is 10.6 Å². The first-order valence-corrected chi connectivity index (χ1v) is 6.85. The Balaban J connectivity index is 1.81. The second kappa shape index (κ2) is 6.57. The Labute approximate surface area is 114 Å². The van der Waals surface area contributed by atoms with Gasteiger partial charge in [0, 0.05) is 12.6 Å². The predicted octanol–water partition coefficient (Wildman–Crippen LogP) is 1.55. The van der Waals surface area contributed by atoms with Crippen LogP contribution in [0.1, 0.15) is 24.0 Å². The van der Waals surface area contributed by atoms with Crippen molar-refractivity contribution >= 4 is 5.91 Å². The average Bonchev–Trinajstić information content (AvgIpc) is 2.41. The summed E-state index contributed by atoms with van der Waals surface area (Å²) < 4.78 is 5.59. The zero-order chi connectivity index (χ0) is 13.7. The molecule has 0 aromatic heterocycles. The highest BCUT2D eigenvalue weighted by Gasteiger charge is 2.15. The molecule has 0 radical (unpaired) electrons. The van der Waals surface area contributed by atoms with Crippen molar-refractivity contribution in [2.75, 3.05) is 19.7 Å². The maximum atomic E-state index is 11.8. The second-order valence-electron chi connectivity index (χ2n) is 5.17. The van der Waals surface area contributed by atoms with Gasteiger partial charge in [-0.2, -0.15) is 0 Å². The number of carbonyl (C=O) groups excluding carboxylic acids is 1. The number of nitrogens with one attached hydrogen (secondary N) is 2. The monoisotopic (exact) mass is 262 g/mol. The molecular formula is C15H22N2O2. The van der Waals surface area contributed by atoms with Crippen LogP contribution in [-0.2, 0) is 4.79 Å². The summed E-state index contributed by atoms with van der Waals surface area (Å²) in [6.45, 7) is 5.99. The van der Waals surface area contributed by atoms with Crippen LogP contribution < -0.4 is 15.4 Å². The molecule has 1 aromatic rings. The Morgan fingerprint density at radius 3 is 3.05 bits per heavy atom. The highest BCUT2D eigenvalue weighted by atomic mass is 16.5. The van der Waals surface area contributed by atoms with E-state index < -0.39 is 0 Å². The third kappa shape index (κ3) is 4.24. The lowest BCUT2D eigenvalue weighted by molar-refractivity contribution is -0.123. The van der Waals surface area contributed by atoms with Gasteiger partial charge in [0.05, 0.1) is 0 Å². The van der Waals surface area contributed by atoms with Crippen molar-refractivity contribution < 1.29 is 9.53 Å². The van der Waals surface area contributed by atoms with Crippen LogP contribution in [0.3, 0.4) is 0 Å². The van der Waals surface area contributed by atoms with Crippen LogP contribution >= 0.6 is 0 Å². The highest BCUT2D eigenvalue weighted by Crippen LogP contribution is 2.18. The topological polar surface area (TPSA) is 50.4 Å². The molecule has 4 nitrogen and oxygen atoms in total. The van der Waals surface area contributed by atoms with Gasteiger partial charge >= 0.3 is 0 Å². The molecular weight excluding hydrogens is 240 g/mol. The number of benzene rings is 1. The predicted molar refractivity (Wildman–Crippen MR) is 75.4 cm³/mol. The minimum Gasteiger partial charge on any atom is -0.483 e. The minimum atomic E-state index is -0.0467. The molecule has 1 aliphatic heterocycles. The van der Waals surface area contributed by atoms with Crippen molar-refractivity contribution in [3.8, 4) is 5.75 Å². The fourth-order valence-corrected chi connectivity index (χ4v) is 2.25. The minimum absolute atomic E-state index is 0.0467. The summed E-state index contributed by atoms with van der Waals surface area (Å²) in [7, 11) is 0. The zero-order valence-corrected chi connectivity index (χ0v) is 11.7. The summed E-state index contributed by atoms with van der Waals surface area (Å²) in [5.41, 5.74) is 2.19. The number of hydrogen-bond acceptors (Lipinski definition) is 3. The third-order valence-corrected chi connectivity index (χ3v) is 3.36. The first-order valence-electron chi connectivity index (χ1n) is 6.85. The summed E-state index contributed by atoms with van der Waals surface area (Å²) in [6, 6.07) is 6.25. The van der Waals surface area contributed by atoms with Crippen LogP contribution in [-0.4, -0.2) is 31.6 Å². The lowest BCUT2D eigenvalue weighted by Gasteiger charge is -2.23. The Morgan fingerprint density at radius 1 is 1.47 bits per heavy atom. The normalized spacial score (nSPS) is 18.9. The Hall–Kier alpha value is -1.55. The quantitative estimate of drug-likeness (QED) is 0.865. The molecule has 1 aromatic carbocycles. The van der Waals surface area contributed by atoms with Gasteiger partial charge in [-0.1, -0.05) is 12.1 Å². The van der Waals surface area contributed by atoms with Crippen LogP contribution in [0.25, 0.3) is 0 Å². The van der Waals surface area contributed by atoms with Crippen molar-refractivity contribution in [3.63, 3.8) is 0 Å². The second-order valence-corrected chi connectivity index (χ2v) is 5.17. The summed E-state index contributed by atoms with van der Waals surface area (Å²) in [6.07, 6.45) is 2.16. The van der Waals surface area contributed by atoms with Crippen molar-refractivity contribution in [1.29, 1.82) is 0 Å². The fourth-order valence-electron chi connectivity index (χ4n) is 2.25. The van der Waals surface area contributed by atoms with Gasteiger partial charge in [-0.05, 0) is 50.4 Å². The number of carbonyl (C=O) groups is 1. The van der Waals surface area contributed by atoms with E-state index in [9.17, 15) is 4.79 Å². The molecule has 19 heavy (non-hydrogen) atoms. The van der Waals surface area contributed by atoms with Crippen LogP contribution in [0, 0.1) is 13.8 Å². The number of hydrogen-bond donors (Lipinski definition) is 2. The molecule has 1 atom stereocenters. The lowest BCUT2D eigenvalue weighted by atomic mass is 10.1. The number of rotatable bonds is 4. The summed E-state index contributed by atoms with van der Waals surface area (Å²) in [5, 5.41) is 6.27. The van der Waals surface area contributed by atoms with E-state index in [1.807, 2.05) is 32.0 Å². The molecule has 2 N–H and O–H groups in total. The van der Waals surface area contributed by atoms with E-state index in [1.54, 1.807) is 0 Å². The number of ether oxygens (including phenoxy) is 1. The zero-order valence-electron chi connectivity index (χ0n) is 11.7. The molecule has 0 unspecified atom stereocenters.